The highest BCUT2D eigenvalue weighted by atomic mass is 19.1. The van der Waals surface area contributed by atoms with Gasteiger partial charge in [0.25, 0.3) is 0 Å². The van der Waals surface area contributed by atoms with Crippen LogP contribution in [-0.4, -0.2) is 24.0 Å². The van der Waals surface area contributed by atoms with Gasteiger partial charge in [-0.1, -0.05) is 0 Å². The summed E-state index contributed by atoms with van der Waals surface area (Å²) in [6.45, 7) is 9.87. The number of carbonyl (C=O) groups is 1. The van der Waals surface area contributed by atoms with Gasteiger partial charge in [0, 0.05) is 41.6 Å². The standard InChI is InChI=1S/C22H26FN3O/c1-5-26(6-2)17-10-8-16(9-11-17)25-21(27)22(3,4)19-14-24-20-13-15(23)7-12-18(19)20/h7-14,24H,5-6H2,1-4H3,(H,25,27). The van der Waals surface area contributed by atoms with E-state index in [1.165, 1.54) is 12.1 Å². The Bertz CT molecular complexity index is 940. The molecule has 3 rings (SSSR count). The van der Waals surface area contributed by atoms with Gasteiger partial charge in [-0.15, -0.1) is 0 Å². The lowest BCUT2D eigenvalue weighted by molar-refractivity contribution is -0.120. The summed E-state index contributed by atoms with van der Waals surface area (Å²) in [7, 11) is 0. The fourth-order valence-electron chi connectivity index (χ4n) is 3.37. The first-order valence-electron chi connectivity index (χ1n) is 9.30. The molecule has 0 unspecified atom stereocenters. The second kappa shape index (κ2) is 7.43. The number of anilines is 2. The number of carbonyl (C=O) groups excluding carboxylic acids is 1. The third-order valence-electron chi connectivity index (χ3n) is 5.14. The molecule has 5 heteroatoms. The highest BCUT2D eigenvalue weighted by Gasteiger charge is 2.32. The summed E-state index contributed by atoms with van der Waals surface area (Å²) in [5.41, 5.74) is 2.66. The van der Waals surface area contributed by atoms with Gasteiger partial charge in [-0.3, -0.25) is 4.79 Å². The lowest BCUT2D eigenvalue weighted by atomic mass is 9.83. The van der Waals surface area contributed by atoms with Crippen molar-refractivity contribution in [1.82, 2.24) is 4.98 Å². The van der Waals surface area contributed by atoms with Gasteiger partial charge >= 0.3 is 0 Å². The third-order valence-corrected chi connectivity index (χ3v) is 5.14. The molecule has 2 N–H and O–H groups in total. The van der Waals surface area contributed by atoms with E-state index < -0.39 is 5.41 Å². The molecular weight excluding hydrogens is 341 g/mol. The zero-order valence-corrected chi connectivity index (χ0v) is 16.3. The SMILES string of the molecule is CCN(CC)c1ccc(NC(=O)C(C)(C)c2c[nH]c3cc(F)ccc23)cc1. The largest absolute Gasteiger partial charge is 0.372 e. The van der Waals surface area contributed by atoms with Crippen molar-refractivity contribution in [3.63, 3.8) is 0 Å². The molecule has 0 bridgehead atoms. The zero-order valence-electron chi connectivity index (χ0n) is 16.3. The Kier molecular flexibility index (Phi) is 5.22. The summed E-state index contributed by atoms with van der Waals surface area (Å²) in [6, 6.07) is 12.5. The van der Waals surface area contributed by atoms with Crippen LogP contribution >= 0.6 is 0 Å². The van der Waals surface area contributed by atoms with E-state index in [1.807, 2.05) is 38.1 Å². The minimum atomic E-state index is -0.770. The van der Waals surface area contributed by atoms with Crippen LogP contribution in [0.4, 0.5) is 15.8 Å². The minimum absolute atomic E-state index is 0.108. The molecule has 0 spiro atoms. The fraction of sp³-hybridized carbons (Fsp3) is 0.318. The van der Waals surface area contributed by atoms with Crippen LogP contribution in [0.25, 0.3) is 10.9 Å². The summed E-state index contributed by atoms with van der Waals surface area (Å²) in [5, 5.41) is 3.86. The van der Waals surface area contributed by atoms with Crippen LogP contribution in [0, 0.1) is 5.82 Å². The number of fused-ring (bicyclic) bond motifs is 1. The lowest BCUT2D eigenvalue weighted by Crippen LogP contribution is -2.34. The number of aromatic amines is 1. The average molecular weight is 367 g/mol. The van der Waals surface area contributed by atoms with Crippen LogP contribution in [0.3, 0.4) is 0 Å². The number of hydrogen-bond acceptors (Lipinski definition) is 2. The maximum Gasteiger partial charge on any atom is 0.234 e. The van der Waals surface area contributed by atoms with E-state index in [0.717, 1.165) is 35.4 Å². The second-order valence-corrected chi connectivity index (χ2v) is 7.19. The lowest BCUT2D eigenvalue weighted by Gasteiger charge is -2.24. The third kappa shape index (κ3) is 3.68. The zero-order chi connectivity index (χ0) is 19.6. The van der Waals surface area contributed by atoms with E-state index in [-0.39, 0.29) is 11.7 Å². The van der Waals surface area contributed by atoms with Crippen molar-refractivity contribution in [3.8, 4) is 0 Å². The summed E-state index contributed by atoms with van der Waals surface area (Å²) >= 11 is 0. The molecule has 0 radical (unpaired) electrons. The van der Waals surface area contributed by atoms with Crippen molar-refractivity contribution in [1.29, 1.82) is 0 Å². The molecule has 1 heterocycles. The highest BCUT2D eigenvalue weighted by Crippen LogP contribution is 2.32. The molecule has 0 fully saturated rings. The molecule has 142 valence electrons. The number of nitrogens with one attached hydrogen (secondary N) is 2. The predicted molar refractivity (Wildman–Crippen MR) is 110 cm³/mol. The Hall–Kier alpha value is -2.82. The molecular formula is C22H26FN3O. The first-order chi connectivity index (χ1) is 12.9. The van der Waals surface area contributed by atoms with Crippen molar-refractivity contribution in [2.75, 3.05) is 23.3 Å². The van der Waals surface area contributed by atoms with E-state index in [4.69, 9.17) is 0 Å². The molecule has 4 nitrogen and oxygen atoms in total. The maximum atomic E-state index is 13.4. The van der Waals surface area contributed by atoms with E-state index in [1.54, 1.807) is 12.3 Å². The minimum Gasteiger partial charge on any atom is -0.372 e. The van der Waals surface area contributed by atoms with E-state index in [2.05, 4.69) is 29.0 Å². The first kappa shape index (κ1) is 19.0. The van der Waals surface area contributed by atoms with E-state index in [9.17, 15) is 9.18 Å². The molecule has 0 aliphatic carbocycles. The monoisotopic (exact) mass is 367 g/mol. The van der Waals surface area contributed by atoms with Gasteiger partial charge in [0.2, 0.25) is 5.91 Å². The molecule has 0 aliphatic rings. The number of H-pyrrole nitrogens is 1. The van der Waals surface area contributed by atoms with Gasteiger partial charge in [-0.2, -0.15) is 0 Å². The van der Waals surface area contributed by atoms with Crippen LogP contribution in [0.15, 0.2) is 48.7 Å². The summed E-state index contributed by atoms with van der Waals surface area (Å²) in [4.78, 5) is 18.3. The predicted octanol–water partition coefficient (Wildman–Crippen LogP) is 5.07. The Balaban J connectivity index is 1.81. The van der Waals surface area contributed by atoms with E-state index in [0.29, 0.717) is 5.52 Å². The number of amides is 1. The number of aromatic nitrogens is 1. The average Bonchev–Trinajstić information content (AvgIpc) is 3.07. The number of nitrogens with zero attached hydrogens (tertiary/aromatic N) is 1. The van der Waals surface area contributed by atoms with Crippen LogP contribution in [0.5, 0.6) is 0 Å². The number of rotatable bonds is 6. The molecule has 0 atom stereocenters. The molecule has 1 amide bonds. The first-order valence-corrected chi connectivity index (χ1v) is 9.30. The topological polar surface area (TPSA) is 48.1 Å². The van der Waals surface area contributed by atoms with Gasteiger partial charge in [-0.05, 0) is 75.7 Å². The number of benzene rings is 2. The van der Waals surface area contributed by atoms with Crippen molar-refractivity contribution in [3.05, 3.63) is 60.0 Å². The van der Waals surface area contributed by atoms with Crippen LogP contribution in [-0.2, 0) is 10.2 Å². The van der Waals surface area contributed by atoms with Crippen molar-refractivity contribution in [2.24, 2.45) is 0 Å². The van der Waals surface area contributed by atoms with Crippen LogP contribution in [0.2, 0.25) is 0 Å². The summed E-state index contributed by atoms with van der Waals surface area (Å²) < 4.78 is 13.4. The Labute approximate surface area is 159 Å². The Morgan fingerprint density at radius 2 is 1.78 bits per heavy atom. The highest BCUT2D eigenvalue weighted by molar-refractivity contribution is 6.01. The van der Waals surface area contributed by atoms with Crippen molar-refractivity contribution < 1.29 is 9.18 Å². The van der Waals surface area contributed by atoms with Crippen LogP contribution in [0.1, 0.15) is 33.3 Å². The molecule has 0 aliphatic heterocycles. The van der Waals surface area contributed by atoms with Gasteiger partial charge in [0.1, 0.15) is 5.82 Å². The Morgan fingerprint density at radius 3 is 2.41 bits per heavy atom. The second-order valence-electron chi connectivity index (χ2n) is 7.19. The van der Waals surface area contributed by atoms with Gasteiger partial charge in [0.05, 0.1) is 5.41 Å². The van der Waals surface area contributed by atoms with E-state index >= 15 is 0 Å². The van der Waals surface area contributed by atoms with Gasteiger partial charge < -0.3 is 15.2 Å². The molecule has 2 aromatic carbocycles. The molecule has 1 aromatic heterocycles. The maximum absolute atomic E-state index is 13.4. The summed E-state index contributed by atoms with van der Waals surface area (Å²) in [6.07, 6.45) is 1.78. The van der Waals surface area contributed by atoms with Crippen molar-refractivity contribution >= 4 is 28.2 Å². The molecule has 0 saturated heterocycles. The Morgan fingerprint density at radius 1 is 1.11 bits per heavy atom. The smallest absolute Gasteiger partial charge is 0.234 e. The van der Waals surface area contributed by atoms with Gasteiger partial charge in [0.15, 0.2) is 0 Å². The quantitative estimate of drug-likeness (QED) is 0.639. The van der Waals surface area contributed by atoms with Crippen LogP contribution < -0.4 is 10.2 Å². The number of hydrogen-bond donors (Lipinski definition) is 2. The molecule has 0 saturated carbocycles. The van der Waals surface area contributed by atoms with Gasteiger partial charge in [-0.25, -0.2) is 4.39 Å². The van der Waals surface area contributed by atoms with Crippen molar-refractivity contribution in [2.45, 2.75) is 33.1 Å². The summed E-state index contributed by atoms with van der Waals surface area (Å²) in [5.74, 6) is -0.408. The molecule has 27 heavy (non-hydrogen) atoms. The fourth-order valence-corrected chi connectivity index (χ4v) is 3.37. The number of halogens is 1. The normalized spacial score (nSPS) is 11.6. The molecule has 3 aromatic rings.